The summed E-state index contributed by atoms with van der Waals surface area (Å²) in [6.07, 6.45) is -0.366. The van der Waals surface area contributed by atoms with E-state index in [0.717, 1.165) is 11.1 Å². The number of fused-ring (bicyclic) bond motifs is 2. The molecule has 30 heavy (non-hydrogen) atoms. The van der Waals surface area contributed by atoms with E-state index in [-0.39, 0.29) is 30.8 Å². The maximum atomic E-state index is 13.0. The summed E-state index contributed by atoms with van der Waals surface area (Å²) in [5, 5.41) is 9.89. The standard InChI is InChI=1S/C23H23N3O4/c27-18-12-19-22(29)25-11-10-24(14-20(25)23(30)26(19)13-18)21(28)17-8-6-16(7-9-17)15-4-2-1-3-5-15/h1-9,18-20,27H,10-14H2/t18-,19+,20-/m1/s1. The number of piperazine rings is 2. The Morgan fingerprint density at radius 1 is 0.800 bits per heavy atom. The molecule has 154 valence electrons. The van der Waals surface area contributed by atoms with Gasteiger partial charge in [-0.1, -0.05) is 42.5 Å². The molecule has 3 aliphatic rings. The average molecular weight is 405 g/mol. The van der Waals surface area contributed by atoms with E-state index in [0.29, 0.717) is 25.1 Å². The van der Waals surface area contributed by atoms with Crippen LogP contribution in [0.5, 0.6) is 0 Å². The number of aliphatic hydroxyl groups excluding tert-OH is 1. The van der Waals surface area contributed by atoms with Gasteiger partial charge in [0, 0.05) is 31.6 Å². The average Bonchev–Trinajstić information content (AvgIpc) is 3.19. The number of nitrogens with zero attached hydrogens (tertiary/aromatic N) is 3. The first-order chi connectivity index (χ1) is 14.5. The minimum Gasteiger partial charge on any atom is -0.391 e. The van der Waals surface area contributed by atoms with Crippen LogP contribution in [0.15, 0.2) is 54.6 Å². The predicted molar refractivity (Wildman–Crippen MR) is 109 cm³/mol. The summed E-state index contributed by atoms with van der Waals surface area (Å²) in [5.74, 6) is -0.429. The van der Waals surface area contributed by atoms with Gasteiger partial charge in [-0.2, -0.15) is 0 Å². The molecule has 3 atom stereocenters. The molecule has 0 aliphatic carbocycles. The largest absolute Gasteiger partial charge is 0.391 e. The van der Waals surface area contributed by atoms with Gasteiger partial charge in [0.15, 0.2) is 0 Å². The molecule has 0 unspecified atom stereocenters. The van der Waals surface area contributed by atoms with Crippen LogP contribution in [0.25, 0.3) is 11.1 Å². The number of hydrogen-bond acceptors (Lipinski definition) is 4. The van der Waals surface area contributed by atoms with Gasteiger partial charge in [0.05, 0.1) is 12.6 Å². The second-order valence-corrected chi connectivity index (χ2v) is 8.14. The zero-order valence-corrected chi connectivity index (χ0v) is 16.5. The molecule has 3 aliphatic heterocycles. The molecule has 7 heteroatoms. The van der Waals surface area contributed by atoms with Crippen LogP contribution in [-0.4, -0.2) is 81.9 Å². The van der Waals surface area contributed by atoms with Crippen molar-refractivity contribution in [1.29, 1.82) is 0 Å². The molecular weight excluding hydrogens is 382 g/mol. The van der Waals surface area contributed by atoms with Crippen molar-refractivity contribution in [2.24, 2.45) is 0 Å². The molecule has 0 spiro atoms. The van der Waals surface area contributed by atoms with Gasteiger partial charge in [0.25, 0.3) is 5.91 Å². The van der Waals surface area contributed by atoms with Crippen molar-refractivity contribution in [3.8, 4) is 11.1 Å². The van der Waals surface area contributed by atoms with Crippen LogP contribution < -0.4 is 0 Å². The fourth-order valence-corrected chi connectivity index (χ4v) is 4.74. The van der Waals surface area contributed by atoms with E-state index in [4.69, 9.17) is 0 Å². The quantitative estimate of drug-likeness (QED) is 0.808. The second kappa shape index (κ2) is 7.25. The molecule has 0 bridgehead atoms. The van der Waals surface area contributed by atoms with Crippen molar-refractivity contribution < 1.29 is 19.5 Å². The van der Waals surface area contributed by atoms with Crippen molar-refractivity contribution in [2.75, 3.05) is 26.2 Å². The van der Waals surface area contributed by atoms with Gasteiger partial charge in [-0.3, -0.25) is 14.4 Å². The van der Waals surface area contributed by atoms with Gasteiger partial charge in [0.1, 0.15) is 12.1 Å². The van der Waals surface area contributed by atoms with Crippen LogP contribution in [0.3, 0.4) is 0 Å². The van der Waals surface area contributed by atoms with Gasteiger partial charge >= 0.3 is 0 Å². The van der Waals surface area contributed by atoms with Crippen LogP contribution >= 0.6 is 0 Å². The summed E-state index contributed by atoms with van der Waals surface area (Å²) in [6, 6.07) is 16.2. The molecule has 2 aromatic rings. The van der Waals surface area contributed by atoms with Gasteiger partial charge in [0.2, 0.25) is 11.8 Å². The fraction of sp³-hybridized carbons (Fsp3) is 0.348. The Balaban J connectivity index is 1.32. The molecule has 3 amide bonds. The van der Waals surface area contributed by atoms with Crippen LogP contribution in [0, 0.1) is 0 Å². The number of aliphatic hydroxyl groups is 1. The zero-order chi connectivity index (χ0) is 20.8. The van der Waals surface area contributed by atoms with Gasteiger partial charge < -0.3 is 19.8 Å². The molecule has 0 radical (unpaired) electrons. The van der Waals surface area contributed by atoms with Crippen molar-refractivity contribution >= 4 is 17.7 Å². The SMILES string of the molecule is O=C(c1ccc(-c2ccccc2)cc1)N1CCN2C(=O)[C@@H]3C[C@@H](O)CN3C(=O)[C@H]2C1. The molecule has 3 heterocycles. The lowest BCUT2D eigenvalue weighted by Crippen LogP contribution is -2.69. The number of carbonyl (C=O) groups is 3. The maximum absolute atomic E-state index is 13.0. The summed E-state index contributed by atoms with van der Waals surface area (Å²) in [6.45, 7) is 1.10. The first-order valence-electron chi connectivity index (χ1n) is 10.3. The number of amides is 3. The minimum atomic E-state index is -0.666. The second-order valence-electron chi connectivity index (χ2n) is 8.14. The fourth-order valence-electron chi connectivity index (χ4n) is 4.74. The molecule has 2 aromatic carbocycles. The summed E-state index contributed by atoms with van der Waals surface area (Å²) in [5.41, 5.74) is 2.68. The van der Waals surface area contributed by atoms with Crippen molar-refractivity contribution in [3.05, 3.63) is 60.2 Å². The summed E-state index contributed by atoms with van der Waals surface area (Å²) < 4.78 is 0. The number of benzene rings is 2. The Hall–Kier alpha value is -3.19. The highest BCUT2D eigenvalue weighted by molar-refractivity contribution is 5.99. The van der Waals surface area contributed by atoms with Crippen LogP contribution in [-0.2, 0) is 9.59 Å². The summed E-state index contributed by atoms with van der Waals surface area (Å²) in [4.78, 5) is 43.5. The monoisotopic (exact) mass is 405 g/mol. The Kier molecular flexibility index (Phi) is 4.55. The van der Waals surface area contributed by atoms with Gasteiger partial charge in [-0.25, -0.2) is 0 Å². The molecule has 3 saturated heterocycles. The van der Waals surface area contributed by atoms with Crippen molar-refractivity contribution in [1.82, 2.24) is 14.7 Å². The minimum absolute atomic E-state index is 0.115. The summed E-state index contributed by atoms with van der Waals surface area (Å²) >= 11 is 0. The lowest BCUT2D eigenvalue weighted by atomic mass is 10.0. The van der Waals surface area contributed by atoms with E-state index < -0.39 is 18.2 Å². The van der Waals surface area contributed by atoms with E-state index in [2.05, 4.69) is 0 Å². The third kappa shape index (κ3) is 3.06. The summed E-state index contributed by atoms with van der Waals surface area (Å²) in [7, 11) is 0. The third-order valence-corrected chi connectivity index (χ3v) is 6.32. The van der Waals surface area contributed by atoms with E-state index in [1.54, 1.807) is 21.9 Å². The normalized spacial score (nSPS) is 25.9. The molecular formula is C23H23N3O4. The maximum Gasteiger partial charge on any atom is 0.253 e. The van der Waals surface area contributed by atoms with Gasteiger partial charge in [-0.15, -0.1) is 0 Å². The number of carbonyl (C=O) groups excluding carboxylic acids is 3. The van der Waals surface area contributed by atoms with Crippen LogP contribution in [0.4, 0.5) is 0 Å². The van der Waals surface area contributed by atoms with E-state index >= 15 is 0 Å². The highest BCUT2D eigenvalue weighted by atomic mass is 16.3. The van der Waals surface area contributed by atoms with E-state index in [9.17, 15) is 19.5 Å². The molecule has 0 saturated carbocycles. The first kappa shape index (κ1) is 18.8. The first-order valence-corrected chi connectivity index (χ1v) is 10.3. The van der Waals surface area contributed by atoms with E-state index in [1.165, 1.54) is 4.90 Å². The Bertz CT molecular complexity index is 991. The lowest BCUT2D eigenvalue weighted by molar-refractivity contribution is -0.162. The zero-order valence-electron chi connectivity index (χ0n) is 16.5. The smallest absolute Gasteiger partial charge is 0.253 e. The molecule has 3 fully saturated rings. The Morgan fingerprint density at radius 2 is 1.47 bits per heavy atom. The van der Waals surface area contributed by atoms with Crippen LogP contribution in [0.2, 0.25) is 0 Å². The number of hydrogen-bond donors (Lipinski definition) is 1. The topological polar surface area (TPSA) is 81.2 Å². The molecule has 0 aromatic heterocycles. The Morgan fingerprint density at radius 3 is 2.20 bits per heavy atom. The highest BCUT2D eigenvalue weighted by Crippen LogP contribution is 2.29. The lowest BCUT2D eigenvalue weighted by Gasteiger charge is -2.47. The molecule has 7 nitrogen and oxygen atoms in total. The Labute approximate surface area is 174 Å². The molecule has 5 rings (SSSR count). The van der Waals surface area contributed by atoms with E-state index in [1.807, 2.05) is 42.5 Å². The molecule has 1 N–H and O–H groups in total. The number of rotatable bonds is 2. The van der Waals surface area contributed by atoms with Crippen molar-refractivity contribution in [3.63, 3.8) is 0 Å². The van der Waals surface area contributed by atoms with Crippen molar-refractivity contribution in [2.45, 2.75) is 24.6 Å². The third-order valence-electron chi connectivity index (χ3n) is 6.32. The van der Waals surface area contributed by atoms with Crippen LogP contribution in [0.1, 0.15) is 16.8 Å². The predicted octanol–water partition coefficient (Wildman–Crippen LogP) is 0.982. The highest BCUT2D eigenvalue weighted by Gasteiger charge is 2.51. The van der Waals surface area contributed by atoms with Gasteiger partial charge in [-0.05, 0) is 23.3 Å².